The van der Waals surface area contributed by atoms with Crippen molar-refractivity contribution in [2.45, 2.75) is 39.5 Å². The van der Waals surface area contributed by atoms with Crippen LogP contribution in [0.1, 0.15) is 37.3 Å². The van der Waals surface area contributed by atoms with Gasteiger partial charge >= 0.3 is 0 Å². The molecule has 0 atom stereocenters. The van der Waals surface area contributed by atoms with Crippen LogP contribution in [0.2, 0.25) is 5.02 Å². The fourth-order valence-electron chi connectivity index (χ4n) is 1.47. The highest BCUT2D eigenvalue weighted by molar-refractivity contribution is 6.31. The van der Waals surface area contributed by atoms with E-state index < -0.39 is 0 Å². The SMILES string of the molecule is CCCCCc1cc(Cl)c(C)cc1O. The number of halogens is 1. The maximum absolute atomic E-state index is 9.66. The Balaban J connectivity index is 2.72. The minimum Gasteiger partial charge on any atom is -0.508 e. The monoisotopic (exact) mass is 212 g/mol. The van der Waals surface area contributed by atoms with Crippen molar-refractivity contribution in [2.24, 2.45) is 0 Å². The summed E-state index contributed by atoms with van der Waals surface area (Å²) in [5.74, 6) is 0.378. The first-order valence-electron chi connectivity index (χ1n) is 5.13. The highest BCUT2D eigenvalue weighted by atomic mass is 35.5. The molecule has 0 aliphatic rings. The molecule has 2 heteroatoms. The van der Waals surface area contributed by atoms with E-state index in [9.17, 15) is 5.11 Å². The van der Waals surface area contributed by atoms with Gasteiger partial charge < -0.3 is 5.11 Å². The van der Waals surface area contributed by atoms with E-state index in [2.05, 4.69) is 6.92 Å². The standard InChI is InChI=1S/C12H17ClO/c1-3-4-5-6-10-8-11(13)9(2)7-12(10)14/h7-8,14H,3-6H2,1-2H3. The first kappa shape index (κ1) is 11.4. The number of aryl methyl sites for hydroxylation is 2. The molecule has 0 aliphatic heterocycles. The van der Waals surface area contributed by atoms with E-state index in [0.717, 1.165) is 29.0 Å². The molecule has 0 heterocycles. The van der Waals surface area contributed by atoms with Gasteiger partial charge in [-0.05, 0) is 43.0 Å². The van der Waals surface area contributed by atoms with E-state index in [0.29, 0.717) is 5.75 Å². The van der Waals surface area contributed by atoms with Crippen molar-refractivity contribution in [3.05, 3.63) is 28.3 Å². The Bertz CT molecular complexity index is 307. The minimum absolute atomic E-state index is 0.378. The molecule has 0 fully saturated rings. The van der Waals surface area contributed by atoms with Crippen molar-refractivity contribution in [1.29, 1.82) is 0 Å². The fraction of sp³-hybridized carbons (Fsp3) is 0.500. The molecular weight excluding hydrogens is 196 g/mol. The number of hydrogen-bond acceptors (Lipinski definition) is 1. The van der Waals surface area contributed by atoms with Gasteiger partial charge in [0.25, 0.3) is 0 Å². The van der Waals surface area contributed by atoms with Crippen LogP contribution in [0.25, 0.3) is 0 Å². The summed E-state index contributed by atoms with van der Waals surface area (Å²) in [7, 11) is 0. The summed E-state index contributed by atoms with van der Waals surface area (Å²) < 4.78 is 0. The van der Waals surface area contributed by atoms with Gasteiger partial charge in [-0.15, -0.1) is 0 Å². The summed E-state index contributed by atoms with van der Waals surface area (Å²) in [6, 6.07) is 3.62. The third-order valence-electron chi connectivity index (χ3n) is 2.41. The van der Waals surface area contributed by atoms with Gasteiger partial charge in [-0.2, -0.15) is 0 Å². The van der Waals surface area contributed by atoms with Gasteiger partial charge in [-0.3, -0.25) is 0 Å². The lowest BCUT2D eigenvalue weighted by Crippen LogP contribution is -1.88. The van der Waals surface area contributed by atoms with E-state index in [1.807, 2.05) is 13.0 Å². The van der Waals surface area contributed by atoms with Crippen molar-refractivity contribution in [3.63, 3.8) is 0 Å². The normalized spacial score (nSPS) is 10.5. The van der Waals surface area contributed by atoms with Crippen LogP contribution >= 0.6 is 11.6 Å². The Morgan fingerprint density at radius 1 is 1.29 bits per heavy atom. The molecule has 0 unspecified atom stereocenters. The lowest BCUT2D eigenvalue weighted by molar-refractivity contribution is 0.466. The summed E-state index contributed by atoms with van der Waals surface area (Å²) in [6.45, 7) is 4.07. The molecule has 0 saturated heterocycles. The molecule has 0 spiro atoms. The molecule has 0 aromatic heterocycles. The molecule has 14 heavy (non-hydrogen) atoms. The van der Waals surface area contributed by atoms with Crippen LogP contribution in [0.3, 0.4) is 0 Å². The molecule has 0 radical (unpaired) electrons. The van der Waals surface area contributed by atoms with Crippen LogP contribution < -0.4 is 0 Å². The van der Waals surface area contributed by atoms with E-state index in [1.165, 1.54) is 12.8 Å². The van der Waals surface area contributed by atoms with Gasteiger partial charge in [0.15, 0.2) is 0 Å². The Morgan fingerprint density at radius 2 is 2.00 bits per heavy atom. The smallest absolute Gasteiger partial charge is 0.119 e. The van der Waals surface area contributed by atoms with Crippen LogP contribution in [0, 0.1) is 6.92 Å². The molecule has 1 aromatic carbocycles. The minimum atomic E-state index is 0.378. The number of benzene rings is 1. The lowest BCUT2D eigenvalue weighted by Gasteiger charge is -2.06. The summed E-state index contributed by atoms with van der Waals surface area (Å²) in [6.07, 6.45) is 4.43. The van der Waals surface area contributed by atoms with Crippen molar-refractivity contribution in [3.8, 4) is 5.75 Å². The quantitative estimate of drug-likeness (QED) is 0.746. The molecule has 0 saturated carbocycles. The van der Waals surface area contributed by atoms with E-state index in [-0.39, 0.29) is 0 Å². The van der Waals surface area contributed by atoms with E-state index in [1.54, 1.807) is 6.07 Å². The number of hydrogen-bond donors (Lipinski definition) is 1. The Hall–Kier alpha value is -0.690. The van der Waals surface area contributed by atoms with Crippen molar-refractivity contribution < 1.29 is 5.11 Å². The molecule has 0 bridgehead atoms. The maximum Gasteiger partial charge on any atom is 0.119 e. The molecule has 0 amide bonds. The summed E-state index contributed by atoms with van der Waals surface area (Å²) in [5.41, 5.74) is 1.90. The third kappa shape index (κ3) is 2.91. The first-order chi connectivity index (χ1) is 6.65. The second kappa shape index (κ2) is 5.26. The average molecular weight is 213 g/mol. The first-order valence-corrected chi connectivity index (χ1v) is 5.51. The van der Waals surface area contributed by atoms with Crippen LogP contribution in [0.5, 0.6) is 5.75 Å². The molecule has 0 aliphatic carbocycles. The number of aromatic hydroxyl groups is 1. The van der Waals surface area contributed by atoms with E-state index in [4.69, 9.17) is 11.6 Å². The molecule has 78 valence electrons. The lowest BCUT2D eigenvalue weighted by atomic mass is 10.0. The second-order valence-electron chi connectivity index (χ2n) is 3.69. The Morgan fingerprint density at radius 3 is 2.64 bits per heavy atom. The summed E-state index contributed by atoms with van der Waals surface area (Å²) >= 11 is 5.99. The van der Waals surface area contributed by atoms with Crippen molar-refractivity contribution >= 4 is 11.6 Å². The zero-order chi connectivity index (χ0) is 10.6. The van der Waals surface area contributed by atoms with Gasteiger partial charge in [0.05, 0.1) is 0 Å². The van der Waals surface area contributed by atoms with Crippen LogP contribution in [-0.4, -0.2) is 5.11 Å². The van der Waals surface area contributed by atoms with Crippen LogP contribution in [0.15, 0.2) is 12.1 Å². The number of unbranched alkanes of at least 4 members (excludes halogenated alkanes) is 2. The van der Waals surface area contributed by atoms with E-state index >= 15 is 0 Å². The largest absolute Gasteiger partial charge is 0.508 e. The van der Waals surface area contributed by atoms with Crippen molar-refractivity contribution in [1.82, 2.24) is 0 Å². The fourth-order valence-corrected chi connectivity index (χ4v) is 1.66. The summed E-state index contributed by atoms with van der Waals surface area (Å²) in [5, 5.41) is 10.4. The predicted octanol–water partition coefficient (Wildman–Crippen LogP) is 4.09. The maximum atomic E-state index is 9.66. The van der Waals surface area contributed by atoms with Gasteiger partial charge in [0.1, 0.15) is 5.75 Å². The van der Waals surface area contributed by atoms with Crippen molar-refractivity contribution in [2.75, 3.05) is 0 Å². The average Bonchev–Trinajstić information content (AvgIpc) is 2.14. The zero-order valence-corrected chi connectivity index (χ0v) is 9.56. The van der Waals surface area contributed by atoms with Crippen LogP contribution in [0.4, 0.5) is 0 Å². The molecule has 1 aromatic rings. The van der Waals surface area contributed by atoms with Gasteiger partial charge in [0.2, 0.25) is 0 Å². The summed E-state index contributed by atoms with van der Waals surface area (Å²) in [4.78, 5) is 0. The highest BCUT2D eigenvalue weighted by Crippen LogP contribution is 2.26. The van der Waals surface area contributed by atoms with Crippen LogP contribution in [-0.2, 0) is 6.42 Å². The number of phenols is 1. The highest BCUT2D eigenvalue weighted by Gasteiger charge is 2.04. The molecule has 1 rings (SSSR count). The number of rotatable bonds is 4. The molecule has 1 N–H and O–H groups in total. The van der Waals surface area contributed by atoms with Gasteiger partial charge in [-0.25, -0.2) is 0 Å². The third-order valence-corrected chi connectivity index (χ3v) is 2.82. The molecular formula is C12H17ClO. The number of phenolic OH excluding ortho intramolecular Hbond substituents is 1. The van der Waals surface area contributed by atoms with Gasteiger partial charge in [-0.1, -0.05) is 31.4 Å². The topological polar surface area (TPSA) is 20.2 Å². The Kier molecular flexibility index (Phi) is 4.27. The predicted molar refractivity (Wildman–Crippen MR) is 61.1 cm³/mol. The van der Waals surface area contributed by atoms with Gasteiger partial charge in [0, 0.05) is 5.02 Å². The second-order valence-corrected chi connectivity index (χ2v) is 4.09. The molecule has 1 nitrogen and oxygen atoms in total. The zero-order valence-electron chi connectivity index (χ0n) is 8.81. The Labute approximate surface area is 90.7 Å².